The van der Waals surface area contributed by atoms with Crippen LogP contribution in [0.5, 0.6) is 0 Å². The van der Waals surface area contributed by atoms with Crippen molar-refractivity contribution in [1.29, 1.82) is 0 Å². The monoisotopic (exact) mass is 418 g/mol. The van der Waals surface area contributed by atoms with Gasteiger partial charge in [0.25, 0.3) is 5.91 Å². The van der Waals surface area contributed by atoms with E-state index in [4.69, 9.17) is 27.6 Å². The number of nitrogens with zero attached hydrogens (tertiary/aromatic N) is 1. The van der Waals surface area contributed by atoms with Crippen molar-refractivity contribution < 1.29 is 14.0 Å². The van der Waals surface area contributed by atoms with Crippen LogP contribution in [0.2, 0.25) is 10.0 Å². The maximum absolute atomic E-state index is 12.7. The number of hydrogen-bond acceptors (Lipinski definition) is 3. The van der Waals surface area contributed by atoms with Gasteiger partial charge in [-0.25, -0.2) is 0 Å². The average Bonchev–Trinajstić information content (AvgIpc) is 2.95. The Bertz CT molecular complexity index is 1040. The Labute approximate surface area is 173 Å². The number of anilines is 1. The second-order valence-electron chi connectivity index (χ2n) is 6.66. The number of hydrogen-bond donors (Lipinski definition) is 1. The van der Waals surface area contributed by atoms with Gasteiger partial charge >= 0.3 is 0 Å². The minimum Gasteiger partial charge on any atom is -0.459 e. The summed E-state index contributed by atoms with van der Waals surface area (Å²) in [5.74, 6) is 0.354. The van der Waals surface area contributed by atoms with Crippen LogP contribution in [0.15, 0.2) is 40.8 Å². The van der Waals surface area contributed by atoms with Crippen molar-refractivity contribution in [3.8, 4) is 0 Å². The molecule has 0 saturated carbocycles. The normalized spacial score (nSPS) is 10.9. The van der Waals surface area contributed by atoms with Gasteiger partial charge in [0.2, 0.25) is 5.91 Å². The molecular formula is C21H20Cl2N2O3. The molecule has 0 saturated heterocycles. The number of halogens is 2. The lowest BCUT2D eigenvalue weighted by Crippen LogP contribution is -2.21. The van der Waals surface area contributed by atoms with Crippen LogP contribution in [0.1, 0.15) is 28.1 Å². The average molecular weight is 419 g/mol. The standard InChI is InChI=1S/C21H20Cl2N2O3/c1-12-13(10-11-18(26)25(2)3)14-6-4-9-17(20(14)28-12)24-21(27)19-15(22)7-5-8-16(19)23/h4-9H,10-11H2,1-3H3,(H,24,27). The Kier molecular flexibility index (Phi) is 5.96. The molecule has 7 heteroatoms. The quantitative estimate of drug-likeness (QED) is 0.609. The summed E-state index contributed by atoms with van der Waals surface area (Å²) >= 11 is 12.3. The predicted molar refractivity (Wildman–Crippen MR) is 112 cm³/mol. The first-order valence-electron chi connectivity index (χ1n) is 8.76. The van der Waals surface area contributed by atoms with Crippen LogP contribution >= 0.6 is 23.2 Å². The molecule has 0 aliphatic carbocycles. The van der Waals surface area contributed by atoms with Crippen LogP contribution in [0.3, 0.4) is 0 Å². The van der Waals surface area contributed by atoms with Gasteiger partial charge in [0.1, 0.15) is 5.76 Å². The smallest absolute Gasteiger partial charge is 0.258 e. The minimum atomic E-state index is -0.415. The van der Waals surface area contributed by atoms with E-state index in [1.54, 1.807) is 43.3 Å². The van der Waals surface area contributed by atoms with E-state index in [2.05, 4.69) is 5.32 Å². The summed E-state index contributed by atoms with van der Waals surface area (Å²) in [6, 6.07) is 10.4. The van der Waals surface area contributed by atoms with Crippen molar-refractivity contribution in [2.45, 2.75) is 19.8 Å². The molecule has 0 fully saturated rings. The molecule has 5 nitrogen and oxygen atoms in total. The summed E-state index contributed by atoms with van der Waals surface area (Å²) in [5.41, 5.74) is 2.25. The lowest BCUT2D eigenvalue weighted by molar-refractivity contribution is -0.128. The number of aryl methyl sites for hydroxylation is 2. The summed E-state index contributed by atoms with van der Waals surface area (Å²) in [4.78, 5) is 26.2. The molecule has 1 heterocycles. The Hall–Kier alpha value is -2.50. The highest BCUT2D eigenvalue weighted by atomic mass is 35.5. The van der Waals surface area contributed by atoms with Crippen LogP contribution in [-0.2, 0) is 11.2 Å². The van der Waals surface area contributed by atoms with Crippen LogP contribution in [0.25, 0.3) is 11.0 Å². The Balaban J connectivity index is 1.92. The number of carbonyl (C=O) groups is 2. The highest BCUT2D eigenvalue weighted by Crippen LogP contribution is 2.33. The number of amides is 2. The topological polar surface area (TPSA) is 62.6 Å². The summed E-state index contributed by atoms with van der Waals surface area (Å²) in [6.07, 6.45) is 0.942. The van der Waals surface area contributed by atoms with Crippen LogP contribution in [0, 0.1) is 6.92 Å². The van der Waals surface area contributed by atoms with E-state index in [-0.39, 0.29) is 21.5 Å². The first kappa shape index (κ1) is 20.2. The van der Waals surface area contributed by atoms with Gasteiger partial charge in [0, 0.05) is 31.5 Å². The first-order valence-corrected chi connectivity index (χ1v) is 9.51. The zero-order chi connectivity index (χ0) is 20.4. The number of furan rings is 1. The van der Waals surface area contributed by atoms with E-state index in [1.807, 2.05) is 19.1 Å². The maximum Gasteiger partial charge on any atom is 0.258 e. The van der Waals surface area contributed by atoms with Crippen molar-refractivity contribution in [2.75, 3.05) is 19.4 Å². The molecule has 3 rings (SSSR count). The lowest BCUT2D eigenvalue weighted by atomic mass is 10.0. The van der Waals surface area contributed by atoms with E-state index in [1.165, 1.54) is 0 Å². The molecule has 1 N–H and O–H groups in total. The SMILES string of the molecule is Cc1oc2c(NC(=O)c3c(Cl)cccc3Cl)cccc2c1CCC(=O)N(C)C. The summed E-state index contributed by atoms with van der Waals surface area (Å²) < 4.78 is 5.91. The zero-order valence-electron chi connectivity index (χ0n) is 15.8. The third kappa shape index (κ3) is 4.01. The van der Waals surface area contributed by atoms with Gasteiger partial charge in [-0.05, 0) is 31.5 Å². The Morgan fingerprint density at radius 3 is 2.36 bits per heavy atom. The van der Waals surface area contributed by atoms with Crippen LogP contribution in [0.4, 0.5) is 5.69 Å². The van der Waals surface area contributed by atoms with Crippen molar-refractivity contribution in [3.63, 3.8) is 0 Å². The highest BCUT2D eigenvalue weighted by molar-refractivity contribution is 6.40. The summed E-state index contributed by atoms with van der Waals surface area (Å²) in [7, 11) is 3.46. The molecule has 2 aromatic carbocycles. The predicted octanol–water partition coefficient (Wildman–Crippen LogP) is 5.32. The molecule has 3 aromatic rings. The van der Waals surface area contributed by atoms with E-state index < -0.39 is 5.91 Å². The van der Waals surface area contributed by atoms with Crippen molar-refractivity contribution in [2.24, 2.45) is 0 Å². The second kappa shape index (κ2) is 8.25. The molecule has 28 heavy (non-hydrogen) atoms. The van der Waals surface area contributed by atoms with E-state index in [9.17, 15) is 9.59 Å². The van der Waals surface area contributed by atoms with Crippen LogP contribution in [-0.4, -0.2) is 30.8 Å². The van der Waals surface area contributed by atoms with E-state index >= 15 is 0 Å². The summed E-state index contributed by atoms with van der Waals surface area (Å²) in [6.45, 7) is 1.85. The third-order valence-electron chi connectivity index (χ3n) is 4.55. The zero-order valence-corrected chi connectivity index (χ0v) is 17.3. The van der Waals surface area contributed by atoms with Gasteiger partial charge in [0.05, 0.1) is 21.3 Å². The molecule has 0 aliphatic rings. The highest BCUT2D eigenvalue weighted by Gasteiger charge is 2.19. The molecule has 0 bridgehead atoms. The number of carbonyl (C=O) groups excluding carboxylic acids is 2. The largest absolute Gasteiger partial charge is 0.459 e. The molecule has 0 unspecified atom stereocenters. The summed E-state index contributed by atoms with van der Waals surface area (Å²) in [5, 5.41) is 4.25. The molecule has 0 aliphatic heterocycles. The van der Waals surface area contributed by atoms with Gasteiger partial charge in [-0.3, -0.25) is 9.59 Å². The number of para-hydroxylation sites is 1. The van der Waals surface area contributed by atoms with E-state index in [0.29, 0.717) is 24.1 Å². The molecular weight excluding hydrogens is 399 g/mol. The molecule has 1 aromatic heterocycles. The molecule has 0 radical (unpaired) electrons. The minimum absolute atomic E-state index is 0.0477. The van der Waals surface area contributed by atoms with Gasteiger partial charge in [-0.1, -0.05) is 41.4 Å². The Morgan fingerprint density at radius 1 is 1.07 bits per heavy atom. The van der Waals surface area contributed by atoms with Crippen LogP contribution < -0.4 is 5.32 Å². The molecule has 146 valence electrons. The third-order valence-corrected chi connectivity index (χ3v) is 5.18. The van der Waals surface area contributed by atoms with Gasteiger partial charge < -0.3 is 14.6 Å². The van der Waals surface area contributed by atoms with Gasteiger partial charge in [-0.15, -0.1) is 0 Å². The fourth-order valence-electron chi connectivity index (χ4n) is 3.05. The Morgan fingerprint density at radius 2 is 1.71 bits per heavy atom. The fourth-order valence-corrected chi connectivity index (χ4v) is 3.62. The maximum atomic E-state index is 12.7. The van der Waals surface area contributed by atoms with Gasteiger partial charge in [0.15, 0.2) is 5.58 Å². The second-order valence-corrected chi connectivity index (χ2v) is 7.47. The van der Waals surface area contributed by atoms with Gasteiger partial charge in [-0.2, -0.15) is 0 Å². The molecule has 0 spiro atoms. The first-order chi connectivity index (χ1) is 13.3. The fraction of sp³-hybridized carbons (Fsp3) is 0.238. The molecule has 0 atom stereocenters. The number of benzene rings is 2. The number of nitrogens with one attached hydrogen (secondary N) is 1. The number of fused-ring (bicyclic) bond motifs is 1. The van der Waals surface area contributed by atoms with E-state index in [0.717, 1.165) is 16.7 Å². The van der Waals surface area contributed by atoms with Crippen molar-refractivity contribution in [3.05, 3.63) is 63.3 Å². The van der Waals surface area contributed by atoms with Crippen molar-refractivity contribution >= 4 is 51.7 Å². The van der Waals surface area contributed by atoms with Crippen molar-refractivity contribution in [1.82, 2.24) is 4.90 Å². The number of rotatable bonds is 5. The molecule has 2 amide bonds. The lowest BCUT2D eigenvalue weighted by Gasteiger charge is -2.10.